The number of benzene rings is 2. The van der Waals surface area contributed by atoms with Crippen LogP contribution in [-0.4, -0.2) is 33.0 Å². The first kappa shape index (κ1) is 19.2. The Kier molecular flexibility index (Phi) is 5.68. The Hall–Kier alpha value is -2.56. The summed E-state index contributed by atoms with van der Waals surface area (Å²) in [6.07, 6.45) is -0.0759. The van der Waals surface area contributed by atoms with E-state index in [1.807, 2.05) is 12.1 Å². The van der Waals surface area contributed by atoms with Gasteiger partial charge in [0, 0.05) is 13.0 Å². The molecule has 0 aliphatic carbocycles. The second-order valence-corrected chi connectivity index (χ2v) is 8.27. The predicted octanol–water partition coefficient (Wildman–Crippen LogP) is 2.75. The van der Waals surface area contributed by atoms with Crippen LogP contribution in [0, 0.1) is 5.82 Å². The topological polar surface area (TPSA) is 97.4 Å². The number of nitrogens with zero attached hydrogens (tertiary/aromatic N) is 1. The molecule has 0 radical (unpaired) electrons. The minimum atomic E-state index is -3.80. The first-order valence-corrected chi connectivity index (χ1v) is 10.2. The number of amides is 1. The van der Waals surface area contributed by atoms with Crippen LogP contribution < -0.4 is 14.8 Å². The summed E-state index contributed by atoms with van der Waals surface area (Å²) in [7, 11) is -2.26. The maximum Gasteiger partial charge on any atom is 0.240 e. The molecular weight excluding hydrogens is 393 g/mol. The number of aromatic nitrogens is 1. The van der Waals surface area contributed by atoms with E-state index in [0.29, 0.717) is 16.4 Å². The van der Waals surface area contributed by atoms with Gasteiger partial charge in [-0.3, -0.25) is 4.79 Å². The van der Waals surface area contributed by atoms with Gasteiger partial charge in [-0.15, -0.1) is 0 Å². The third kappa shape index (κ3) is 4.59. The number of sulfonamides is 1. The highest BCUT2D eigenvalue weighted by molar-refractivity contribution is 7.89. The molecule has 0 unspecified atom stereocenters. The molecule has 142 valence electrons. The highest BCUT2D eigenvalue weighted by Crippen LogP contribution is 2.32. The van der Waals surface area contributed by atoms with E-state index < -0.39 is 15.8 Å². The fourth-order valence-electron chi connectivity index (χ4n) is 2.32. The van der Waals surface area contributed by atoms with Crippen molar-refractivity contribution in [2.45, 2.75) is 11.3 Å². The van der Waals surface area contributed by atoms with Gasteiger partial charge in [-0.1, -0.05) is 17.4 Å². The van der Waals surface area contributed by atoms with Crippen LogP contribution in [0.2, 0.25) is 0 Å². The number of fused-ring (bicyclic) bond motifs is 1. The van der Waals surface area contributed by atoms with Gasteiger partial charge in [-0.2, -0.15) is 0 Å². The van der Waals surface area contributed by atoms with Crippen LogP contribution in [0.1, 0.15) is 6.42 Å². The molecule has 7 nitrogen and oxygen atoms in total. The van der Waals surface area contributed by atoms with Crippen LogP contribution in [0.25, 0.3) is 10.2 Å². The van der Waals surface area contributed by atoms with Crippen molar-refractivity contribution in [1.82, 2.24) is 9.71 Å². The molecule has 1 aromatic heterocycles. The van der Waals surface area contributed by atoms with Gasteiger partial charge in [0.25, 0.3) is 0 Å². The minimum Gasteiger partial charge on any atom is -0.494 e. The van der Waals surface area contributed by atoms with E-state index in [1.165, 1.54) is 11.3 Å². The lowest BCUT2D eigenvalue weighted by molar-refractivity contribution is -0.116. The van der Waals surface area contributed by atoms with Crippen molar-refractivity contribution in [3.05, 3.63) is 48.3 Å². The summed E-state index contributed by atoms with van der Waals surface area (Å²) in [4.78, 5) is 16.3. The molecule has 0 bridgehead atoms. The van der Waals surface area contributed by atoms with E-state index in [0.717, 1.165) is 29.0 Å². The van der Waals surface area contributed by atoms with Crippen molar-refractivity contribution < 1.29 is 22.3 Å². The van der Waals surface area contributed by atoms with Crippen molar-refractivity contribution in [3.8, 4) is 5.75 Å². The summed E-state index contributed by atoms with van der Waals surface area (Å²) < 4.78 is 45.4. The number of ether oxygens (including phenoxy) is 1. The zero-order valence-corrected chi connectivity index (χ0v) is 15.9. The van der Waals surface area contributed by atoms with Gasteiger partial charge >= 0.3 is 0 Å². The molecule has 27 heavy (non-hydrogen) atoms. The van der Waals surface area contributed by atoms with Crippen LogP contribution in [-0.2, 0) is 14.8 Å². The summed E-state index contributed by atoms with van der Waals surface area (Å²) in [5.41, 5.74) is 0.650. The first-order chi connectivity index (χ1) is 12.9. The van der Waals surface area contributed by atoms with Crippen LogP contribution in [0.5, 0.6) is 5.75 Å². The number of carbonyl (C=O) groups excluding carboxylic acids is 1. The summed E-state index contributed by atoms with van der Waals surface area (Å²) in [6, 6.07) is 9.90. The number of methoxy groups -OCH3 is 1. The molecule has 0 saturated carbocycles. The monoisotopic (exact) mass is 409 g/mol. The van der Waals surface area contributed by atoms with Gasteiger partial charge in [0.1, 0.15) is 17.1 Å². The molecule has 0 fully saturated rings. The molecule has 3 rings (SSSR count). The Labute approximate surface area is 159 Å². The molecule has 2 N–H and O–H groups in total. The zero-order chi connectivity index (χ0) is 19.4. The number of para-hydroxylation sites is 1. The van der Waals surface area contributed by atoms with E-state index in [-0.39, 0.29) is 23.8 Å². The summed E-state index contributed by atoms with van der Waals surface area (Å²) in [5, 5.41) is 3.05. The normalized spacial score (nSPS) is 11.5. The lowest BCUT2D eigenvalue weighted by Gasteiger charge is -2.06. The number of nitrogens with one attached hydrogen (secondary N) is 2. The van der Waals surface area contributed by atoms with E-state index >= 15 is 0 Å². The fraction of sp³-hybridized carbons (Fsp3) is 0.176. The second-order valence-electron chi connectivity index (χ2n) is 5.48. The van der Waals surface area contributed by atoms with E-state index in [1.54, 1.807) is 13.2 Å². The van der Waals surface area contributed by atoms with Crippen molar-refractivity contribution >= 4 is 42.6 Å². The quantitative estimate of drug-likeness (QED) is 0.625. The van der Waals surface area contributed by atoms with E-state index in [9.17, 15) is 17.6 Å². The summed E-state index contributed by atoms with van der Waals surface area (Å²) >= 11 is 1.30. The number of carbonyl (C=O) groups is 1. The average Bonchev–Trinajstić information content (AvgIpc) is 3.04. The molecule has 1 amide bonds. The summed E-state index contributed by atoms with van der Waals surface area (Å²) in [5.74, 6) is -0.299. The Morgan fingerprint density at radius 2 is 1.96 bits per heavy atom. The fourth-order valence-corrected chi connectivity index (χ4v) is 4.25. The minimum absolute atomic E-state index is 0.0671. The number of thiazole rings is 1. The molecule has 0 saturated heterocycles. The van der Waals surface area contributed by atoms with Gasteiger partial charge in [0.15, 0.2) is 5.13 Å². The molecule has 0 aliphatic rings. The Morgan fingerprint density at radius 1 is 1.22 bits per heavy atom. The van der Waals surface area contributed by atoms with Crippen LogP contribution in [0.3, 0.4) is 0 Å². The molecule has 0 atom stereocenters. The van der Waals surface area contributed by atoms with Crippen molar-refractivity contribution in [3.63, 3.8) is 0 Å². The average molecular weight is 409 g/mol. The first-order valence-electron chi connectivity index (χ1n) is 7.88. The third-order valence-corrected chi connectivity index (χ3v) is 6.03. The van der Waals surface area contributed by atoms with Crippen LogP contribution in [0.4, 0.5) is 9.52 Å². The Bertz CT molecular complexity index is 1070. The molecule has 10 heteroatoms. The zero-order valence-electron chi connectivity index (χ0n) is 14.2. The largest absolute Gasteiger partial charge is 0.494 e. The second kappa shape index (κ2) is 7.99. The van der Waals surface area contributed by atoms with E-state index in [4.69, 9.17) is 4.74 Å². The smallest absolute Gasteiger partial charge is 0.240 e. The van der Waals surface area contributed by atoms with Crippen molar-refractivity contribution in [2.75, 3.05) is 19.0 Å². The highest BCUT2D eigenvalue weighted by atomic mass is 32.2. The highest BCUT2D eigenvalue weighted by Gasteiger charge is 2.15. The number of rotatable bonds is 7. The maximum absolute atomic E-state index is 12.9. The number of hydrogen-bond donors (Lipinski definition) is 2. The number of anilines is 1. The van der Waals surface area contributed by atoms with Gasteiger partial charge in [-0.25, -0.2) is 22.5 Å². The molecule has 3 aromatic rings. The Balaban J connectivity index is 1.58. The number of halogens is 1. The van der Waals surface area contributed by atoms with Gasteiger partial charge in [0.2, 0.25) is 15.9 Å². The number of hydrogen-bond acceptors (Lipinski definition) is 6. The van der Waals surface area contributed by atoms with E-state index in [2.05, 4.69) is 15.0 Å². The lowest BCUT2D eigenvalue weighted by atomic mass is 10.3. The molecule has 2 aromatic carbocycles. The Morgan fingerprint density at radius 3 is 2.67 bits per heavy atom. The van der Waals surface area contributed by atoms with Crippen molar-refractivity contribution in [2.24, 2.45) is 0 Å². The predicted molar refractivity (Wildman–Crippen MR) is 101 cm³/mol. The standard InChI is InChI=1S/C17H16FN3O4S2/c1-25-13-3-2-4-14-16(13)21-17(26-14)20-15(22)9-10-19-27(23,24)12-7-5-11(18)6-8-12/h2-8,19H,9-10H2,1H3,(H,20,21,22). The SMILES string of the molecule is COc1cccc2sc(NC(=O)CCNS(=O)(=O)c3ccc(F)cc3)nc12. The van der Waals surface area contributed by atoms with Gasteiger partial charge < -0.3 is 10.1 Å². The molecule has 1 heterocycles. The van der Waals surface area contributed by atoms with Gasteiger partial charge in [-0.05, 0) is 36.4 Å². The van der Waals surface area contributed by atoms with Crippen molar-refractivity contribution in [1.29, 1.82) is 0 Å². The molecular formula is C17H16FN3O4S2. The molecule has 0 spiro atoms. The van der Waals surface area contributed by atoms with Crippen LogP contribution >= 0.6 is 11.3 Å². The third-order valence-electron chi connectivity index (χ3n) is 3.62. The summed E-state index contributed by atoms with van der Waals surface area (Å²) in [6.45, 7) is -0.0975. The molecule has 0 aliphatic heterocycles. The van der Waals surface area contributed by atoms with Crippen LogP contribution in [0.15, 0.2) is 47.4 Å². The lowest BCUT2D eigenvalue weighted by Crippen LogP contribution is -2.27. The van der Waals surface area contributed by atoms with Gasteiger partial charge in [0.05, 0.1) is 16.7 Å². The maximum atomic E-state index is 12.9.